The van der Waals surface area contributed by atoms with E-state index in [0.717, 1.165) is 48.9 Å². The molecule has 11 amide bonds. The maximum absolute atomic E-state index is 15.5. The molecule has 2 heterocycles. The van der Waals surface area contributed by atoms with Gasteiger partial charge in [-0.2, -0.15) is 11.8 Å². The maximum atomic E-state index is 15.5. The van der Waals surface area contributed by atoms with Crippen LogP contribution in [0.25, 0.3) is 0 Å². The van der Waals surface area contributed by atoms with E-state index in [-0.39, 0.29) is 62.0 Å². The highest BCUT2D eigenvalue weighted by atomic mass is 32.2. The molecule has 0 aromatic carbocycles. The number of carbonyl (C=O) groups is 11. The van der Waals surface area contributed by atoms with E-state index in [4.69, 9.17) is 0 Å². The Balaban J connectivity index is 3.11. The van der Waals surface area contributed by atoms with E-state index in [0.29, 0.717) is 5.75 Å². The monoisotopic (exact) mass is 1400 g/mol. The fraction of sp³-hybridized carbons (Fsp3) is 0.817. The summed E-state index contributed by atoms with van der Waals surface area (Å²) in [6.45, 7) is 33.5. The highest BCUT2D eigenvalue weighted by Crippen LogP contribution is 2.27. The number of likely N-dealkylation sites (N-methyl/N-ethyl adjacent to an activating group) is 8. The third-order valence-corrected chi connectivity index (χ3v) is 20.1. The average molecular weight is 1400 g/mol. The van der Waals surface area contributed by atoms with E-state index < -0.39 is 161 Å². The molecular formula is C71H129N13O13S. The van der Waals surface area contributed by atoms with Gasteiger partial charge in [0, 0.05) is 87.7 Å². The molecule has 0 saturated carbocycles. The first kappa shape index (κ1) is 88.2. The Labute approximate surface area is 591 Å². The van der Waals surface area contributed by atoms with Gasteiger partial charge in [-0.3, -0.25) is 52.7 Å². The van der Waals surface area contributed by atoms with Crippen molar-refractivity contribution in [2.24, 2.45) is 35.5 Å². The predicted molar refractivity (Wildman–Crippen MR) is 385 cm³/mol. The Morgan fingerprint density at radius 1 is 0.510 bits per heavy atom. The highest BCUT2D eigenvalue weighted by Gasteiger charge is 2.47. The number of aliphatic hydroxyl groups is 2. The summed E-state index contributed by atoms with van der Waals surface area (Å²) in [5.74, 6) is -9.60. The van der Waals surface area contributed by atoms with Gasteiger partial charge in [-0.25, -0.2) is 0 Å². The van der Waals surface area contributed by atoms with Gasteiger partial charge in [0.15, 0.2) is 0 Å². The van der Waals surface area contributed by atoms with Crippen molar-refractivity contribution in [3.8, 4) is 0 Å². The maximum Gasteiger partial charge on any atom is 0.246 e. The van der Waals surface area contributed by atoms with Gasteiger partial charge in [-0.1, -0.05) is 95.2 Å². The number of piperazine rings is 1. The minimum atomic E-state index is -1.66. The molecule has 0 aromatic rings. The second-order valence-corrected chi connectivity index (χ2v) is 31.4. The van der Waals surface area contributed by atoms with Crippen LogP contribution in [0.15, 0.2) is 12.2 Å². The standard InChI is InChI=1S/C71H129N13O13S/c1-26-28-30-47(13)59(85)58-63(89)74-50(27-2)65(91)81(23)55(41-98-36-29-31-84-34-32-76(18)33-35-84)68(94)80(22)54(40-71(16,17)97)62(88)75-56(45(9)10)69(95)77(19)51(37-42(3)4)61(87)72-48(14)60(86)73-49(15)64(90)78(20)52(38-43(5)6)66(92)79(21)53(39-44(7)8)67(93)82(24)57(46(11)12)70(96)83(58)25/h26,28,42-59,85,97H,27,29-41H2,1-25H3,(H,72,87)(H,73,86)(H,74,89)(H,75,88)/t47-,48+,49-,50+,51+,52+,53+,54+,55-,56+,57+,58+,59-/m1/s1. The molecule has 0 unspecified atom stereocenters. The van der Waals surface area contributed by atoms with Crippen LogP contribution in [0, 0.1) is 35.5 Å². The summed E-state index contributed by atoms with van der Waals surface area (Å²) >= 11 is 1.43. The van der Waals surface area contributed by atoms with Crippen molar-refractivity contribution in [3.05, 3.63) is 12.2 Å². The van der Waals surface area contributed by atoms with Crippen molar-refractivity contribution in [2.75, 3.05) is 101 Å². The van der Waals surface area contributed by atoms with Gasteiger partial charge in [0.05, 0.1) is 11.7 Å². The fourth-order valence-corrected chi connectivity index (χ4v) is 13.7. The van der Waals surface area contributed by atoms with Gasteiger partial charge in [-0.05, 0) is 128 Å². The minimum absolute atomic E-state index is 0.0225. The zero-order valence-corrected chi connectivity index (χ0v) is 65.1. The SMILES string of the molecule is CC=CC[C@@H](C)[C@@H](O)[C@H]1C(=O)N[C@@H](CC)C(=O)N(C)[C@H](CSCCCN2CCN(C)CC2)C(=O)N(C)[C@@H](CC(C)(C)O)C(=O)N[C@@H](C(C)C)C(=O)N(C)[C@@H](CC(C)C)C(=O)N[C@@H](C)C(=O)N[C@H](C)C(=O)N(C)[C@@H](CC(C)C)C(=O)N(C)[C@@H](CC(C)C)C(=O)N(C)[C@@H](C(C)C)C(=O)N1C. The van der Waals surface area contributed by atoms with Crippen LogP contribution in [0.5, 0.6) is 0 Å². The summed E-state index contributed by atoms with van der Waals surface area (Å²) in [4.78, 5) is 178. The van der Waals surface area contributed by atoms with Crippen LogP contribution in [0.3, 0.4) is 0 Å². The van der Waals surface area contributed by atoms with E-state index in [9.17, 15) is 29.4 Å². The molecule has 2 aliphatic rings. The van der Waals surface area contributed by atoms with Crippen LogP contribution < -0.4 is 21.3 Å². The van der Waals surface area contributed by atoms with E-state index >= 15 is 33.6 Å². The lowest BCUT2D eigenvalue weighted by Gasteiger charge is -2.41. The van der Waals surface area contributed by atoms with Gasteiger partial charge in [0.25, 0.3) is 0 Å². The lowest BCUT2D eigenvalue weighted by atomic mass is 9.91. The molecule has 2 rings (SSSR count). The third-order valence-electron chi connectivity index (χ3n) is 19.0. The molecule has 2 fully saturated rings. The van der Waals surface area contributed by atoms with Crippen molar-refractivity contribution in [2.45, 2.75) is 241 Å². The largest absolute Gasteiger partial charge is 0.390 e. The Kier molecular flexibility index (Phi) is 36.5. The number of hydrogen-bond acceptors (Lipinski definition) is 16. The number of hydrogen-bond donors (Lipinski definition) is 6. The molecule has 98 heavy (non-hydrogen) atoms. The number of allylic oxidation sites excluding steroid dienone is 2. The van der Waals surface area contributed by atoms with Crippen molar-refractivity contribution in [1.29, 1.82) is 0 Å². The van der Waals surface area contributed by atoms with Crippen LogP contribution in [0.1, 0.15) is 163 Å². The molecule has 27 heteroatoms. The Hall–Kier alpha value is -5.90. The quantitative estimate of drug-likeness (QED) is 0.0711. The molecular weight excluding hydrogens is 1270 g/mol. The van der Waals surface area contributed by atoms with Crippen LogP contribution in [-0.4, -0.2) is 298 Å². The van der Waals surface area contributed by atoms with Crippen LogP contribution >= 0.6 is 11.8 Å². The molecule has 2 saturated heterocycles. The molecule has 0 aliphatic carbocycles. The minimum Gasteiger partial charge on any atom is -0.390 e. The molecule has 0 aromatic heterocycles. The van der Waals surface area contributed by atoms with Gasteiger partial charge in [-0.15, -0.1) is 0 Å². The van der Waals surface area contributed by atoms with Crippen LogP contribution in [0.2, 0.25) is 0 Å². The van der Waals surface area contributed by atoms with Gasteiger partial charge in [0.2, 0.25) is 65.0 Å². The average Bonchev–Trinajstić information content (AvgIpc) is 0.810. The second kappa shape index (κ2) is 40.5. The van der Waals surface area contributed by atoms with E-state index in [1.165, 1.54) is 113 Å². The van der Waals surface area contributed by atoms with E-state index in [1.807, 2.05) is 47.6 Å². The summed E-state index contributed by atoms with van der Waals surface area (Å²) in [6.07, 6.45) is 3.14. The number of carbonyl (C=O) groups excluding carboxylic acids is 11. The van der Waals surface area contributed by atoms with E-state index in [2.05, 4.69) is 38.1 Å². The fourth-order valence-electron chi connectivity index (χ4n) is 12.6. The van der Waals surface area contributed by atoms with Crippen molar-refractivity contribution < 1.29 is 63.0 Å². The normalized spacial score (nSPS) is 27.2. The van der Waals surface area contributed by atoms with Crippen LogP contribution in [-0.2, 0) is 52.7 Å². The number of aliphatic hydroxyl groups excluding tert-OH is 1. The van der Waals surface area contributed by atoms with Crippen molar-refractivity contribution in [1.82, 2.24) is 65.4 Å². The summed E-state index contributed by atoms with van der Waals surface area (Å²) in [5.41, 5.74) is -1.58. The molecule has 2 aliphatic heterocycles. The summed E-state index contributed by atoms with van der Waals surface area (Å²) in [7, 11) is 12.0. The first-order valence-corrected chi connectivity index (χ1v) is 36.6. The number of nitrogens with zero attached hydrogens (tertiary/aromatic N) is 9. The molecule has 0 radical (unpaired) electrons. The number of nitrogens with one attached hydrogen (secondary N) is 4. The van der Waals surface area contributed by atoms with Crippen LogP contribution in [0.4, 0.5) is 0 Å². The van der Waals surface area contributed by atoms with Gasteiger partial charge >= 0.3 is 0 Å². The predicted octanol–water partition coefficient (Wildman–Crippen LogP) is 3.12. The first-order valence-electron chi connectivity index (χ1n) is 35.5. The third kappa shape index (κ3) is 25.6. The van der Waals surface area contributed by atoms with Crippen molar-refractivity contribution in [3.63, 3.8) is 0 Å². The smallest absolute Gasteiger partial charge is 0.246 e. The lowest BCUT2D eigenvalue weighted by molar-refractivity contribution is -0.157. The number of thioether (sulfide) groups is 1. The molecule has 26 nitrogen and oxygen atoms in total. The van der Waals surface area contributed by atoms with Gasteiger partial charge in [0.1, 0.15) is 66.5 Å². The van der Waals surface area contributed by atoms with Gasteiger partial charge < -0.3 is 75.6 Å². The summed E-state index contributed by atoms with van der Waals surface area (Å²) < 4.78 is 0. The Morgan fingerprint density at radius 2 is 0.959 bits per heavy atom. The van der Waals surface area contributed by atoms with E-state index in [1.54, 1.807) is 54.5 Å². The number of amides is 11. The molecule has 0 bridgehead atoms. The molecule has 562 valence electrons. The first-order chi connectivity index (χ1) is 45.4. The summed E-state index contributed by atoms with van der Waals surface area (Å²) in [5, 5.41) is 34.9. The lowest BCUT2D eigenvalue weighted by Crippen LogP contribution is -2.64. The Morgan fingerprint density at radius 3 is 1.45 bits per heavy atom. The summed E-state index contributed by atoms with van der Waals surface area (Å²) in [6, 6.07) is -14.4. The molecule has 13 atom stereocenters. The highest BCUT2D eigenvalue weighted by molar-refractivity contribution is 7.99. The zero-order valence-electron chi connectivity index (χ0n) is 64.3. The molecule has 6 N–H and O–H groups in total. The topological polar surface area (TPSA) is 306 Å². The second-order valence-electron chi connectivity index (χ2n) is 30.3. The Bertz CT molecular complexity index is 2680. The number of rotatable bonds is 21. The zero-order chi connectivity index (χ0) is 75.3. The molecule has 0 spiro atoms. The van der Waals surface area contributed by atoms with Crippen molar-refractivity contribution >= 4 is 76.7 Å².